The second-order valence-corrected chi connectivity index (χ2v) is 7.33. The van der Waals surface area contributed by atoms with Gasteiger partial charge in [0, 0.05) is 12.1 Å². The van der Waals surface area contributed by atoms with Crippen molar-refractivity contribution in [2.24, 2.45) is 5.73 Å². The highest BCUT2D eigenvalue weighted by Gasteiger charge is 2.34. The number of carbonyl (C=O) groups is 1. The molecule has 0 bridgehead atoms. The van der Waals surface area contributed by atoms with Gasteiger partial charge in [-0.1, -0.05) is 32.1 Å². The number of nitrogens with one attached hydrogen (secondary N) is 2. The Labute approximate surface area is 127 Å². The maximum Gasteiger partial charge on any atom is 0.422 e. The molecule has 1 fully saturated rings. The fourth-order valence-electron chi connectivity index (χ4n) is 2.59. The van der Waals surface area contributed by atoms with E-state index in [0.29, 0.717) is 12.8 Å². The van der Waals surface area contributed by atoms with E-state index >= 15 is 0 Å². The quantitative estimate of drug-likeness (QED) is 0.709. The summed E-state index contributed by atoms with van der Waals surface area (Å²) in [6.07, 6.45) is 5.19. The first kappa shape index (κ1) is 18.2. The van der Waals surface area contributed by atoms with Crippen molar-refractivity contribution in [3.05, 3.63) is 0 Å². The predicted octanol–water partition coefficient (Wildman–Crippen LogP) is 1.40. The van der Waals surface area contributed by atoms with Crippen molar-refractivity contribution in [2.75, 3.05) is 6.54 Å². The summed E-state index contributed by atoms with van der Waals surface area (Å²) in [5, 5.41) is 0. The van der Waals surface area contributed by atoms with E-state index in [1.807, 2.05) is 4.72 Å². The third-order valence-electron chi connectivity index (χ3n) is 3.61. The smallest absolute Gasteiger partial charge is 0.422 e. The van der Waals surface area contributed by atoms with Crippen LogP contribution in [-0.2, 0) is 14.9 Å². The number of amides is 1. The van der Waals surface area contributed by atoms with Gasteiger partial charge in [0.05, 0.1) is 6.10 Å². The highest BCUT2D eigenvalue weighted by molar-refractivity contribution is 7.88. The lowest BCUT2D eigenvalue weighted by Gasteiger charge is -2.34. The van der Waals surface area contributed by atoms with Crippen molar-refractivity contribution in [2.45, 2.75) is 70.4 Å². The van der Waals surface area contributed by atoms with Gasteiger partial charge in [0.15, 0.2) is 0 Å². The number of nitrogens with two attached hydrogens (primary N) is 1. The van der Waals surface area contributed by atoms with Crippen LogP contribution in [0.4, 0.5) is 4.79 Å². The number of carbonyl (C=O) groups excluding carboxylic acids is 1. The molecule has 0 spiro atoms. The van der Waals surface area contributed by atoms with Gasteiger partial charge in [-0.2, -0.15) is 13.1 Å². The molecule has 1 aliphatic carbocycles. The molecule has 0 aromatic heterocycles. The number of hydrogen-bond acceptors (Lipinski definition) is 5. The molecule has 0 saturated heterocycles. The van der Waals surface area contributed by atoms with Gasteiger partial charge in [-0.25, -0.2) is 9.52 Å². The Bertz CT molecular complexity index is 429. The number of rotatable bonds is 5. The van der Waals surface area contributed by atoms with Gasteiger partial charge in [0.1, 0.15) is 0 Å². The standard InChI is InChI=1S/C13H27N3O4S/c1-11(2)20-12(17)15-21(18,19)16-13(10-14)8-6-4-3-5-7-9-13/h11,16H,3-10,14H2,1-2H3,(H,15,17). The third kappa shape index (κ3) is 6.62. The van der Waals surface area contributed by atoms with Crippen LogP contribution in [0.2, 0.25) is 0 Å². The molecule has 7 nitrogen and oxygen atoms in total. The second kappa shape index (κ2) is 7.95. The lowest BCUT2D eigenvalue weighted by atomic mass is 9.85. The minimum absolute atomic E-state index is 0.215. The third-order valence-corrected chi connectivity index (χ3v) is 4.75. The second-order valence-electron chi connectivity index (χ2n) is 5.91. The summed E-state index contributed by atoms with van der Waals surface area (Å²) < 4.78 is 33.4. The minimum Gasteiger partial charge on any atom is -0.446 e. The fourth-order valence-corrected chi connectivity index (χ4v) is 3.76. The van der Waals surface area contributed by atoms with E-state index in [0.717, 1.165) is 25.7 Å². The van der Waals surface area contributed by atoms with Gasteiger partial charge in [0.25, 0.3) is 0 Å². The van der Waals surface area contributed by atoms with Crippen LogP contribution in [0, 0.1) is 0 Å². The van der Waals surface area contributed by atoms with E-state index < -0.39 is 21.8 Å². The van der Waals surface area contributed by atoms with Crippen LogP contribution in [0.15, 0.2) is 0 Å². The topological polar surface area (TPSA) is 111 Å². The van der Waals surface area contributed by atoms with Crippen LogP contribution in [0.3, 0.4) is 0 Å². The molecule has 0 heterocycles. The molecule has 1 amide bonds. The van der Waals surface area contributed by atoms with Crippen molar-refractivity contribution in [1.82, 2.24) is 9.44 Å². The minimum atomic E-state index is -3.98. The zero-order valence-corrected chi connectivity index (χ0v) is 13.7. The molecule has 1 aliphatic rings. The SMILES string of the molecule is CC(C)OC(=O)NS(=O)(=O)NC1(CN)CCCCCCC1. The van der Waals surface area contributed by atoms with Crippen LogP contribution in [0.25, 0.3) is 0 Å². The Morgan fingerprint density at radius 2 is 1.71 bits per heavy atom. The first-order valence-electron chi connectivity index (χ1n) is 7.51. The highest BCUT2D eigenvalue weighted by atomic mass is 32.2. The average Bonchev–Trinajstić information content (AvgIpc) is 2.30. The summed E-state index contributed by atoms with van der Waals surface area (Å²) in [5.74, 6) is 0. The normalized spacial score (nSPS) is 19.6. The Balaban J connectivity index is 2.70. The molecule has 0 aromatic rings. The van der Waals surface area contributed by atoms with Crippen molar-refractivity contribution in [3.63, 3.8) is 0 Å². The first-order chi connectivity index (χ1) is 9.79. The molecule has 21 heavy (non-hydrogen) atoms. The van der Waals surface area contributed by atoms with Crippen molar-refractivity contribution < 1.29 is 17.9 Å². The molecule has 4 N–H and O–H groups in total. The van der Waals surface area contributed by atoms with Gasteiger partial charge < -0.3 is 10.5 Å². The summed E-state index contributed by atoms with van der Waals surface area (Å²) in [4.78, 5) is 11.4. The molecule has 0 atom stereocenters. The molecular weight excluding hydrogens is 294 g/mol. The van der Waals surface area contributed by atoms with Crippen LogP contribution in [-0.4, -0.2) is 32.7 Å². The molecular formula is C13H27N3O4S. The van der Waals surface area contributed by atoms with Crippen LogP contribution in [0.1, 0.15) is 58.8 Å². The molecule has 0 radical (unpaired) electrons. The Morgan fingerprint density at radius 3 is 2.19 bits per heavy atom. The van der Waals surface area contributed by atoms with Gasteiger partial charge in [0.2, 0.25) is 0 Å². The lowest BCUT2D eigenvalue weighted by molar-refractivity contribution is 0.121. The predicted molar refractivity (Wildman–Crippen MR) is 80.9 cm³/mol. The zero-order chi connectivity index (χ0) is 15.9. The zero-order valence-electron chi connectivity index (χ0n) is 12.9. The van der Waals surface area contributed by atoms with E-state index in [2.05, 4.69) is 4.72 Å². The molecule has 0 aliphatic heterocycles. The molecule has 0 unspecified atom stereocenters. The van der Waals surface area contributed by atoms with Gasteiger partial charge >= 0.3 is 16.3 Å². The van der Waals surface area contributed by atoms with Crippen LogP contribution in [0.5, 0.6) is 0 Å². The van der Waals surface area contributed by atoms with Gasteiger partial charge in [-0.15, -0.1) is 0 Å². The Morgan fingerprint density at radius 1 is 1.19 bits per heavy atom. The molecule has 1 saturated carbocycles. The number of hydrogen-bond donors (Lipinski definition) is 3. The summed E-state index contributed by atoms with van der Waals surface area (Å²) in [5.41, 5.74) is 5.13. The first-order valence-corrected chi connectivity index (χ1v) is 8.99. The molecule has 124 valence electrons. The Kier molecular flexibility index (Phi) is 6.89. The molecule has 0 aromatic carbocycles. The Hall–Kier alpha value is -0.860. The fraction of sp³-hybridized carbons (Fsp3) is 0.923. The molecule has 1 rings (SSSR count). The van der Waals surface area contributed by atoms with Crippen LogP contribution < -0.4 is 15.2 Å². The van der Waals surface area contributed by atoms with Crippen LogP contribution >= 0.6 is 0 Å². The van der Waals surface area contributed by atoms with Gasteiger partial charge in [-0.05, 0) is 26.7 Å². The summed E-state index contributed by atoms with van der Waals surface area (Å²) in [6.45, 7) is 3.51. The van der Waals surface area contributed by atoms with E-state index in [9.17, 15) is 13.2 Å². The average molecular weight is 321 g/mol. The number of ether oxygens (including phenoxy) is 1. The van der Waals surface area contributed by atoms with Crippen molar-refractivity contribution >= 4 is 16.3 Å². The van der Waals surface area contributed by atoms with Gasteiger partial charge in [-0.3, -0.25) is 0 Å². The summed E-state index contributed by atoms with van der Waals surface area (Å²) in [6, 6.07) is 0. The van der Waals surface area contributed by atoms with E-state index in [1.165, 1.54) is 6.42 Å². The van der Waals surface area contributed by atoms with Crippen molar-refractivity contribution in [3.8, 4) is 0 Å². The van der Waals surface area contributed by atoms with E-state index in [-0.39, 0.29) is 12.6 Å². The monoisotopic (exact) mass is 321 g/mol. The maximum atomic E-state index is 12.1. The molecule has 8 heteroatoms. The largest absolute Gasteiger partial charge is 0.446 e. The van der Waals surface area contributed by atoms with E-state index in [4.69, 9.17) is 10.5 Å². The lowest BCUT2D eigenvalue weighted by Crippen LogP contribution is -2.57. The summed E-state index contributed by atoms with van der Waals surface area (Å²) >= 11 is 0. The summed E-state index contributed by atoms with van der Waals surface area (Å²) in [7, 11) is -3.98. The highest BCUT2D eigenvalue weighted by Crippen LogP contribution is 2.26. The van der Waals surface area contributed by atoms with Crippen molar-refractivity contribution in [1.29, 1.82) is 0 Å². The van der Waals surface area contributed by atoms with E-state index in [1.54, 1.807) is 13.8 Å². The maximum absolute atomic E-state index is 12.1.